The normalized spacial score (nSPS) is 24.0. The van der Waals surface area contributed by atoms with Crippen molar-refractivity contribution >= 4 is 17.7 Å². The first kappa shape index (κ1) is 20.8. The number of carbonyl (C=O) groups excluding carboxylic acids is 3. The first-order valence-corrected chi connectivity index (χ1v) is 11.1. The zero-order valence-corrected chi connectivity index (χ0v) is 17.8. The molecule has 3 fully saturated rings. The van der Waals surface area contributed by atoms with Crippen molar-refractivity contribution in [2.24, 2.45) is 5.92 Å². The molecule has 1 N–H and O–H groups in total. The Hall–Kier alpha value is -2.41. The Morgan fingerprint density at radius 2 is 1.83 bits per heavy atom. The average molecular weight is 414 g/mol. The molecule has 1 saturated carbocycles. The number of rotatable bonds is 5. The molecule has 3 aliphatic rings. The first-order chi connectivity index (χ1) is 14.4. The van der Waals surface area contributed by atoms with E-state index in [2.05, 4.69) is 5.32 Å². The van der Waals surface area contributed by atoms with E-state index < -0.39 is 11.8 Å². The number of nitrogens with zero attached hydrogens (tertiary/aromatic N) is 2. The van der Waals surface area contributed by atoms with Crippen LogP contribution in [0.15, 0.2) is 30.3 Å². The molecule has 7 nitrogen and oxygen atoms in total. The summed E-state index contributed by atoms with van der Waals surface area (Å²) in [5.41, 5.74) is -0.301. The lowest BCUT2D eigenvalue weighted by Crippen LogP contribution is -2.60. The molecule has 162 valence electrons. The average Bonchev–Trinajstić information content (AvgIpc) is 3.56. The molecule has 1 aromatic carbocycles. The Kier molecular flexibility index (Phi) is 5.82. The molecule has 7 heteroatoms. The molecule has 1 aliphatic carbocycles. The van der Waals surface area contributed by atoms with Crippen molar-refractivity contribution in [1.82, 2.24) is 15.1 Å². The highest BCUT2D eigenvalue weighted by Crippen LogP contribution is 2.40. The van der Waals surface area contributed by atoms with Gasteiger partial charge >= 0.3 is 0 Å². The molecule has 0 bridgehead atoms. The van der Waals surface area contributed by atoms with E-state index in [0.717, 1.165) is 19.3 Å². The molecule has 2 aliphatic heterocycles. The van der Waals surface area contributed by atoms with Gasteiger partial charge in [0.25, 0.3) is 5.91 Å². The second-order valence-corrected chi connectivity index (χ2v) is 8.73. The summed E-state index contributed by atoms with van der Waals surface area (Å²) in [7, 11) is 0. The summed E-state index contributed by atoms with van der Waals surface area (Å²) in [5.74, 6) is 0.0240. The number of nitrogens with one attached hydrogen (secondary N) is 1. The molecule has 0 aromatic heterocycles. The summed E-state index contributed by atoms with van der Waals surface area (Å²) in [4.78, 5) is 42.5. The molecule has 3 amide bonds. The van der Waals surface area contributed by atoms with Crippen LogP contribution >= 0.6 is 0 Å². The van der Waals surface area contributed by atoms with Crippen molar-refractivity contribution in [3.63, 3.8) is 0 Å². The lowest BCUT2D eigenvalue weighted by molar-refractivity contribution is -0.144. The van der Waals surface area contributed by atoms with E-state index in [1.165, 1.54) is 0 Å². The molecule has 1 aromatic rings. The Morgan fingerprint density at radius 1 is 1.17 bits per heavy atom. The van der Waals surface area contributed by atoms with Crippen LogP contribution < -0.4 is 5.32 Å². The zero-order chi connectivity index (χ0) is 21.3. The predicted molar refractivity (Wildman–Crippen MR) is 112 cm³/mol. The fraction of sp³-hybridized carbons (Fsp3) is 0.609. The van der Waals surface area contributed by atoms with E-state index in [1.807, 2.05) is 36.9 Å². The summed E-state index contributed by atoms with van der Waals surface area (Å²) < 4.78 is 6.20. The number of likely N-dealkylation sites (tertiary alicyclic amines) is 1. The number of hydrogen-bond donors (Lipinski definition) is 1. The van der Waals surface area contributed by atoms with Gasteiger partial charge in [0, 0.05) is 43.5 Å². The van der Waals surface area contributed by atoms with Crippen LogP contribution in [-0.4, -0.2) is 65.0 Å². The predicted octanol–water partition coefficient (Wildman–Crippen LogP) is 2.17. The van der Waals surface area contributed by atoms with Gasteiger partial charge in [0.2, 0.25) is 11.8 Å². The van der Waals surface area contributed by atoms with Crippen LogP contribution in [0.3, 0.4) is 0 Å². The minimum Gasteiger partial charge on any atom is -0.353 e. The number of piperidine rings is 1. The van der Waals surface area contributed by atoms with Crippen molar-refractivity contribution in [1.29, 1.82) is 0 Å². The Balaban J connectivity index is 1.57. The van der Waals surface area contributed by atoms with Crippen molar-refractivity contribution in [2.45, 2.75) is 63.8 Å². The van der Waals surface area contributed by atoms with Crippen molar-refractivity contribution in [3.8, 4) is 0 Å². The van der Waals surface area contributed by atoms with Gasteiger partial charge in [-0.15, -0.1) is 0 Å². The van der Waals surface area contributed by atoms with Crippen LogP contribution in [-0.2, 0) is 14.3 Å². The molecule has 0 unspecified atom stereocenters. The van der Waals surface area contributed by atoms with Crippen LogP contribution in [0.25, 0.3) is 0 Å². The highest BCUT2D eigenvalue weighted by Gasteiger charge is 2.54. The maximum Gasteiger partial charge on any atom is 0.256 e. The minimum atomic E-state index is -0.843. The largest absolute Gasteiger partial charge is 0.353 e. The summed E-state index contributed by atoms with van der Waals surface area (Å²) >= 11 is 0. The summed E-state index contributed by atoms with van der Waals surface area (Å²) in [6.45, 7) is 5.24. The highest BCUT2D eigenvalue weighted by molar-refractivity contribution is 5.98. The molecular formula is C23H31N3O4. The van der Waals surface area contributed by atoms with E-state index in [1.54, 1.807) is 17.0 Å². The summed E-state index contributed by atoms with van der Waals surface area (Å²) in [6.07, 6.45) is 3.82. The summed E-state index contributed by atoms with van der Waals surface area (Å²) in [6, 6.07) is 8.40. The third-order valence-electron chi connectivity index (χ3n) is 6.59. The molecule has 2 atom stereocenters. The van der Waals surface area contributed by atoms with Crippen LogP contribution in [0.4, 0.5) is 0 Å². The topological polar surface area (TPSA) is 79.0 Å². The highest BCUT2D eigenvalue weighted by atomic mass is 16.5. The van der Waals surface area contributed by atoms with Crippen molar-refractivity contribution < 1.29 is 19.1 Å². The van der Waals surface area contributed by atoms with Crippen molar-refractivity contribution in [3.05, 3.63) is 35.9 Å². The number of amides is 3. The SMILES string of the molecule is CC[C@H](C)NC(=O)[C@@H]1COC2(CCN(C(=O)C3CC3)CC2)N1C(=O)c1ccccc1. The molecule has 4 rings (SSSR count). The first-order valence-electron chi connectivity index (χ1n) is 11.1. The monoisotopic (exact) mass is 413 g/mol. The number of hydrogen-bond acceptors (Lipinski definition) is 4. The van der Waals surface area contributed by atoms with Gasteiger partial charge in [-0.25, -0.2) is 0 Å². The van der Waals surface area contributed by atoms with E-state index in [-0.39, 0.29) is 36.3 Å². The van der Waals surface area contributed by atoms with Crippen LogP contribution in [0.2, 0.25) is 0 Å². The number of benzene rings is 1. The fourth-order valence-electron chi connectivity index (χ4n) is 4.39. The molecule has 30 heavy (non-hydrogen) atoms. The van der Waals surface area contributed by atoms with Gasteiger partial charge in [-0.1, -0.05) is 25.1 Å². The fourth-order valence-corrected chi connectivity index (χ4v) is 4.39. The standard InChI is InChI=1S/C23H31N3O4/c1-3-16(2)24-20(27)19-15-30-23(26(19)22(29)17-7-5-4-6-8-17)11-13-25(14-12-23)21(28)18-9-10-18/h4-8,16,18-19H,3,9-15H2,1-2H3,(H,24,27)/t16-,19-/m0/s1. The van der Waals surface area contributed by atoms with Gasteiger partial charge in [0.05, 0.1) is 6.61 Å². The van der Waals surface area contributed by atoms with Gasteiger partial charge in [-0.3, -0.25) is 19.3 Å². The second kappa shape index (κ2) is 8.38. The van der Waals surface area contributed by atoms with Gasteiger partial charge in [-0.05, 0) is 38.3 Å². The van der Waals surface area contributed by atoms with Crippen LogP contribution in [0.5, 0.6) is 0 Å². The third kappa shape index (κ3) is 3.95. The lowest BCUT2D eigenvalue weighted by atomic mass is 9.96. The van der Waals surface area contributed by atoms with E-state index in [9.17, 15) is 14.4 Å². The maximum atomic E-state index is 13.5. The van der Waals surface area contributed by atoms with E-state index in [0.29, 0.717) is 31.5 Å². The Labute approximate surface area is 177 Å². The maximum absolute atomic E-state index is 13.5. The Morgan fingerprint density at radius 3 is 2.43 bits per heavy atom. The lowest BCUT2D eigenvalue weighted by Gasteiger charge is -2.44. The van der Waals surface area contributed by atoms with E-state index >= 15 is 0 Å². The molecule has 2 heterocycles. The van der Waals surface area contributed by atoms with Crippen LogP contribution in [0, 0.1) is 5.92 Å². The Bertz CT molecular complexity index is 800. The van der Waals surface area contributed by atoms with Gasteiger partial charge in [0.1, 0.15) is 11.8 Å². The molecular weight excluding hydrogens is 382 g/mol. The van der Waals surface area contributed by atoms with Gasteiger partial charge in [0.15, 0.2) is 0 Å². The molecule has 1 spiro atoms. The molecule has 0 radical (unpaired) electrons. The summed E-state index contributed by atoms with van der Waals surface area (Å²) in [5, 5.41) is 3.00. The molecule has 2 saturated heterocycles. The number of ether oxygens (including phenoxy) is 1. The van der Waals surface area contributed by atoms with E-state index in [4.69, 9.17) is 4.74 Å². The smallest absolute Gasteiger partial charge is 0.256 e. The zero-order valence-electron chi connectivity index (χ0n) is 17.8. The van der Waals surface area contributed by atoms with Gasteiger partial charge in [-0.2, -0.15) is 0 Å². The minimum absolute atomic E-state index is 0.0285. The van der Waals surface area contributed by atoms with Gasteiger partial charge < -0.3 is 15.0 Å². The second-order valence-electron chi connectivity index (χ2n) is 8.73. The van der Waals surface area contributed by atoms with Crippen molar-refractivity contribution in [2.75, 3.05) is 19.7 Å². The van der Waals surface area contributed by atoms with Crippen LogP contribution in [0.1, 0.15) is 56.3 Å². The quantitative estimate of drug-likeness (QED) is 0.803. The third-order valence-corrected chi connectivity index (χ3v) is 6.59. The number of carbonyl (C=O) groups is 3.